The molecule has 16 heavy (non-hydrogen) atoms. The highest BCUT2D eigenvalue weighted by Gasteiger charge is 2.23. The number of imidazole rings is 1. The first-order chi connectivity index (χ1) is 7.47. The molecule has 0 spiro atoms. The van der Waals surface area contributed by atoms with Gasteiger partial charge >= 0.3 is 6.09 Å². The summed E-state index contributed by atoms with van der Waals surface area (Å²) in [5, 5.41) is 0. The molecule has 0 saturated heterocycles. The Bertz CT molecular complexity index is 402. The van der Waals surface area contributed by atoms with Crippen molar-refractivity contribution in [3.05, 3.63) is 17.7 Å². The van der Waals surface area contributed by atoms with E-state index in [0.717, 1.165) is 30.7 Å². The van der Waals surface area contributed by atoms with E-state index in [4.69, 9.17) is 4.74 Å². The molecule has 1 heterocycles. The lowest BCUT2D eigenvalue weighted by Crippen LogP contribution is -2.28. The predicted molar refractivity (Wildman–Crippen MR) is 60.5 cm³/mol. The number of fused-ring (bicyclic) bond motifs is 1. The smallest absolute Gasteiger partial charge is 0.420 e. The van der Waals surface area contributed by atoms with Crippen LogP contribution in [0.15, 0.2) is 6.33 Å². The van der Waals surface area contributed by atoms with Gasteiger partial charge in [0.1, 0.15) is 11.9 Å². The quantitative estimate of drug-likeness (QED) is 0.677. The molecule has 0 amide bonds. The van der Waals surface area contributed by atoms with Crippen LogP contribution in [0.4, 0.5) is 4.79 Å². The van der Waals surface area contributed by atoms with Crippen molar-refractivity contribution in [1.82, 2.24) is 9.55 Å². The van der Waals surface area contributed by atoms with Gasteiger partial charge in [0, 0.05) is 0 Å². The largest absolute Gasteiger partial charge is 0.443 e. The molecule has 4 nitrogen and oxygen atoms in total. The van der Waals surface area contributed by atoms with Gasteiger partial charge in [-0.25, -0.2) is 14.3 Å². The number of carbonyl (C=O) groups excluding carboxylic acids is 1. The average Bonchev–Trinajstić information content (AvgIpc) is 2.58. The summed E-state index contributed by atoms with van der Waals surface area (Å²) in [6, 6.07) is 0. The van der Waals surface area contributed by atoms with Gasteiger partial charge in [0.2, 0.25) is 0 Å². The molecule has 0 atom stereocenters. The Labute approximate surface area is 95.6 Å². The second-order valence-electron chi connectivity index (χ2n) is 5.20. The Morgan fingerprint density at radius 1 is 1.38 bits per heavy atom. The van der Waals surface area contributed by atoms with Gasteiger partial charge in [-0.05, 0) is 46.5 Å². The molecule has 0 aliphatic heterocycles. The minimum Gasteiger partial charge on any atom is -0.443 e. The van der Waals surface area contributed by atoms with Crippen molar-refractivity contribution in [2.24, 2.45) is 0 Å². The topological polar surface area (TPSA) is 44.1 Å². The van der Waals surface area contributed by atoms with Crippen molar-refractivity contribution in [3.63, 3.8) is 0 Å². The van der Waals surface area contributed by atoms with Crippen LogP contribution in [0.5, 0.6) is 0 Å². The summed E-state index contributed by atoms with van der Waals surface area (Å²) in [6.07, 6.45) is 5.46. The number of hydrogen-bond donors (Lipinski definition) is 0. The zero-order chi connectivity index (χ0) is 11.8. The van der Waals surface area contributed by atoms with Gasteiger partial charge in [0.15, 0.2) is 0 Å². The van der Waals surface area contributed by atoms with E-state index in [1.54, 1.807) is 10.9 Å². The van der Waals surface area contributed by atoms with Gasteiger partial charge in [0.25, 0.3) is 0 Å². The molecular weight excluding hydrogens is 204 g/mol. The summed E-state index contributed by atoms with van der Waals surface area (Å²) < 4.78 is 6.89. The SMILES string of the molecule is CC(C)(C)OC(=O)n1cnc2c1CCCC2. The standard InChI is InChI=1S/C12H18N2O2/c1-12(2,3)16-11(15)14-8-13-9-6-4-5-7-10(9)14/h8H,4-7H2,1-3H3. The molecule has 88 valence electrons. The summed E-state index contributed by atoms with van der Waals surface area (Å²) in [5.41, 5.74) is 1.63. The Kier molecular flexibility index (Phi) is 2.74. The second kappa shape index (κ2) is 3.92. The fourth-order valence-electron chi connectivity index (χ4n) is 1.94. The zero-order valence-corrected chi connectivity index (χ0v) is 10.1. The third-order valence-electron chi connectivity index (χ3n) is 2.62. The number of rotatable bonds is 0. The Hall–Kier alpha value is -1.32. The van der Waals surface area contributed by atoms with Crippen LogP contribution in [0.3, 0.4) is 0 Å². The van der Waals surface area contributed by atoms with Crippen molar-refractivity contribution >= 4 is 6.09 Å². The van der Waals surface area contributed by atoms with E-state index >= 15 is 0 Å². The first kappa shape index (κ1) is 11.2. The Morgan fingerprint density at radius 2 is 2.06 bits per heavy atom. The molecule has 0 aromatic carbocycles. The van der Waals surface area contributed by atoms with Crippen LogP contribution < -0.4 is 0 Å². The fourth-order valence-corrected chi connectivity index (χ4v) is 1.94. The zero-order valence-electron chi connectivity index (χ0n) is 10.1. The van der Waals surface area contributed by atoms with Crippen molar-refractivity contribution in [3.8, 4) is 0 Å². The first-order valence-electron chi connectivity index (χ1n) is 5.76. The maximum absolute atomic E-state index is 11.9. The van der Waals surface area contributed by atoms with E-state index in [1.807, 2.05) is 20.8 Å². The van der Waals surface area contributed by atoms with Gasteiger partial charge in [-0.3, -0.25) is 0 Å². The summed E-state index contributed by atoms with van der Waals surface area (Å²) >= 11 is 0. The number of ether oxygens (including phenoxy) is 1. The minimum atomic E-state index is -0.455. The molecule has 4 heteroatoms. The molecule has 1 aromatic heterocycles. The lowest BCUT2D eigenvalue weighted by atomic mass is 10.0. The molecule has 0 saturated carbocycles. The third kappa shape index (κ3) is 2.26. The summed E-state index contributed by atoms with van der Waals surface area (Å²) in [7, 11) is 0. The van der Waals surface area contributed by atoms with Crippen LogP contribution in [0, 0.1) is 0 Å². The van der Waals surface area contributed by atoms with Crippen LogP contribution >= 0.6 is 0 Å². The lowest BCUT2D eigenvalue weighted by Gasteiger charge is -2.21. The number of nitrogens with zero attached hydrogens (tertiary/aromatic N) is 2. The van der Waals surface area contributed by atoms with Crippen molar-refractivity contribution in [2.45, 2.75) is 52.1 Å². The van der Waals surface area contributed by atoms with Gasteiger partial charge in [-0.15, -0.1) is 0 Å². The van der Waals surface area contributed by atoms with Crippen LogP contribution in [0.25, 0.3) is 0 Å². The maximum Gasteiger partial charge on any atom is 0.420 e. The highest BCUT2D eigenvalue weighted by atomic mass is 16.6. The van der Waals surface area contributed by atoms with Gasteiger partial charge in [-0.2, -0.15) is 0 Å². The lowest BCUT2D eigenvalue weighted by molar-refractivity contribution is 0.0531. The molecule has 0 bridgehead atoms. The molecule has 2 rings (SSSR count). The number of hydrogen-bond acceptors (Lipinski definition) is 3. The summed E-state index contributed by atoms with van der Waals surface area (Å²) in [4.78, 5) is 16.2. The van der Waals surface area contributed by atoms with Crippen LogP contribution in [-0.4, -0.2) is 21.2 Å². The first-order valence-corrected chi connectivity index (χ1v) is 5.76. The van der Waals surface area contributed by atoms with E-state index in [1.165, 1.54) is 6.42 Å². The van der Waals surface area contributed by atoms with Crippen LogP contribution in [-0.2, 0) is 17.6 Å². The monoisotopic (exact) mass is 222 g/mol. The van der Waals surface area contributed by atoms with Crippen molar-refractivity contribution in [1.29, 1.82) is 0 Å². The summed E-state index contributed by atoms with van der Waals surface area (Å²) in [6.45, 7) is 5.61. The Balaban J connectivity index is 2.21. The van der Waals surface area contributed by atoms with Gasteiger partial charge in [-0.1, -0.05) is 0 Å². The number of aryl methyl sites for hydroxylation is 1. The molecule has 1 aliphatic rings. The molecule has 1 aliphatic carbocycles. The maximum atomic E-state index is 11.9. The van der Waals surface area contributed by atoms with E-state index in [0.29, 0.717) is 0 Å². The highest BCUT2D eigenvalue weighted by Crippen LogP contribution is 2.20. The van der Waals surface area contributed by atoms with E-state index in [9.17, 15) is 4.79 Å². The van der Waals surface area contributed by atoms with Gasteiger partial charge < -0.3 is 4.74 Å². The average molecular weight is 222 g/mol. The number of carbonyl (C=O) groups is 1. The molecular formula is C12H18N2O2. The number of aromatic nitrogens is 2. The van der Waals surface area contributed by atoms with Crippen molar-refractivity contribution in [2.75, 3.05) is 0 Å². The normalized spacial score (nSPS) is 15.7. The second-order valence-corrected chi connectivity index (χ2v) is 5.20. The van der Waals surface area contributed by atoms with Gasteiger partial charge in [0.05, 0.1) is 11.4 Å². The molecule has 0 fully saturated rings. The van der Waals surface area contributed by atoms with E-state index in [2.05, 4.69) is 4.98 Å². The fraction of sp³-hybridized carbons (Fsp3) is 0.667. The molecule has 1 aromatic rings. The molecule has 0 N–H and O–H groups in total. The summed E-state index contributed by atoms with van der Waals surface area (Å²) in [5.74, 6) is 0. The van der Waals surface area contributed by atoms with Crippen molar-refractivity contribution < 1.29 is 9.53 Å². The van der Waals surface area contributed by atoms with Crippen LogP contribution in [0.1, 0.15) is 45.0 Å². The predicted octanol–water partition coefficient (Wildman–Crippen LogP) is 2.55. The molecule has 0 unspecified atom stereocenters. The molecule has 0 radical (unpaired) electrons. The van der Waals surface area contributed by atoms with E-state index in [-0.39, 0.29) is 6.09 Å². The van der Waals surface area contributed by atoms with E-state index < -0.39 is 5.60 Å². The minimum absolute atomic E-state index is 0.317. The Morgan fingerprint density at radius 3 is 2.75 bits per heavy atom. The highest BCUT2D eigenvalue weighted by molar-refractivity contribution is 5.72. The third-order valence-corrected chi connectivity index (χ3v) is 2.62. The van der Waals surface area contributed by atoms with Crippen LogP contribution in [0.2, 0.25) is 0 Å².